The fraction of sp³-hybridized carbons (Fsp3) is 1.00. The molecule has 1 N–H and O–H groups in total. The third kappa shape index (κ3) is 30.8. The van der Waals surface area contributed by atoms with E-state index in [1.54, 1.807) is 0 Å². The molecule has 0 radical (unpaired) electrons. The van der Waals surface area contributed by atoms with Gasteiger partial charge in [0.2, 0.25) is 0 Å². The molecule has 0 atom stereocenters. The first kappa shape index (κ1) is 40.4. The van der Waals surface area contributed by atoms with Gasteiger partial charge >= 0.3 is 15.6 Å². The molecule has 0 fully saturated rings. The summed E-state index contributed by atoms with van der Waals surface area (Å²) in [5, 5.41) is 0. The molecule has 10 heteroatoms. The summed E-state index contributed by atoms with van der Waals surface area (Å²) >= 11 is 0. The topological polar surface area (TPSA) is 101 Å². The lowest BCUT2D eigenvalue weighted by molar-refractivity contribution is 0.110. The Kier molecular flexibility index (Phi) is 32.1. The Balaban J connectivity index is 0. The van der Waals surface area contributed by atoms with Crippen molar-refractivity contribution in [3.63, 3.8) is 0 Å². The molecule has 0 amide bonds. The van der Waals surface area contributed by atoms with Gasteiger partial charge in [-0.05, 0) is 32.1 Å². The van der Waals surface area contributed by atoms with E-state index in [-0.39, 0.29) is 0 Å². The van der Waals surface area contributed by atoms with Gasteiger partial charge in [-0.15, -0.1) is 0 Å². The Hall–Kier alpha value is 0.220. The van der Waals surface area contributed by atoms with Crippen molar-refractivity contribution in [3.05, 3.63) is 0 Å². The van der Waals surface area contributed by atoms with Crippen LogP contribution in [0.1, 0.15) is 150 Å². The molecule has 0 saturated heterocycles. The van der Waals surface area contributed by atoms with Crippen molar-refractivity contribution in [2.24, 2.45) is 0 Å². The van der Waals surface area contributed by atoms with E-state index in [2.05, 4.69) is 34.6 Å². The lowest BCUT2D eigenvalue weighted by atomic mass is 10.1. The lowest BCUT2D eigenvalue weighted by Crippen LogP contribution is -2.03. The molecule has 0 aliphatic carbocycles. The summed E-state index contributed by atoms with van der Waals surface area (Å²) in [4.78, 5) is 9.51. The van der Waals surface area contributed by atoms with E-state index in [4.69, 9.17) is 22.6 Å². The van der Waals surface area contributed by atoms with Gasteiger partial charge in [-0.1, -0.05) is 118 Å². The molecule has 8 nitrogen and oxygen atoms in total. The van der Waals surface area contributed by atoms with Crippen LogP contribution in [0.5, 0.6) is 0 Å². The Morgan fingerprint density at radius 3 is 0.974 bits per heavy atom. The number of hydrogen-bond donors (Lipinski definition) is 1. The second-order valence-electron chi connectivity index (χ2n) is 9.68. The van der Waals surface area contributed by atoms with E-state index in [1.807, 2.05) is 0 Å². The Morgan fingerprint density at radius 2 is 0.658 bits per heavy atom. The van der Waals surface area contributed by atoms with Crippen molar-refractivity contribution in [2.75, 3.05) is 33.0 Å². The molecule has 0 saturated carbocycles. The molecule has 0 aliphatic heterocycles. The molecule has 0 heterocycles. The minimum atomic E-state index is -3.82. The molecule has 0 aromatic rings. The van der Waals surface area contributed by atoms with E-state index in [9.17, 15) is 14.0 Å². The molecular formula is C28H62O8P2. The SMILES string of the molecule is CCCCCCCCOP(=O)(O)OCCCCCCCC.CCCCOP(=O)(OCCCC)OCCCC. The number of phosphoric ester groups is 2. The van der Waals surface area contributed by atoms with Gasteiger partial charge in [-0.25, -0.2) is 9.13 Å². The summed E-state index contributed by atoms with van der Waals surface area (Å²) in [7, 11) is -7.12. The maximum Gasteiger partial charge on any atom is 0.474 e. The van der Waals surface area contributed by atoms with E-state index < -0.39 is 15.6 Å². The van der Waals surface area contributed by atoms with Gasteiger partial charge in [0.15, 0.2) is 0 Å². The summed E-state index contributed by atoms with van der Waals surface area (Å²) in [5.74, 6) is 0. The van der Waals surface area contributed by atoms with Gasteiger partial charge in [0.25, 0.3) is 0 Å². The predicted molar refractivity (Wildman–Crippen MR) is 159 cm³/mol. The molecule has 232 valence electrons. The smallest absolute Gasteiger partial charge is 0.302 e. The van der Waals surface area contributed by atoms with Crippen molar-refractivity contribution < 1.29 is 36.6 Å². The van der Waals surface area contributed by atoms with Crippen LogP contribution in [0, 0.1) is 0 Å². The van der Waals surface area contributed by atoms with Gasteiger partial charge in [0.1, 0.15) is 0 Å². The van der Waals surface area contributed by atoms with Crippen LogP contribution in [0.25, 0.3) is 0 Å². The number of unbranched alkanes of at least 4 members (excludes halogenated alkanes) is 13. The summed E-state index contributed by atoms with van der Waals surface area (Å²) in [6.45, 7) is 12.5. The molecule has 0 aliphatic rings. The van der Waals surface area contributed by atoms with E-state index >= 15 is 0 Å². The van der Waals surface area contributed by atoms with Crippen LogP contribution in [0.15, 0.2) is 0 Å². The monoisotopic (exact) mass is 588 g/mol. The van der Waals surface area contributed by atoms with Gasteiger partial charge < -0.3 is 4.89 Å². The minimum Gasteiger partial charge on any atom is -0.302 e. The van der Waals surface area contributed by atoms with Gasteiger partial charge in [0.05, 0.1) is 33.0 Å². The van der Waals surface area contributed by atoms with Gasteiger partial charge in [-0.3, -0.25) is 22.6 Å². The van der Waals surface area contributed by atoms with E-state index in [0.717, 1.165) is 64.2 Å². The normalized spacial score (nSPS) is 11.9. The third-order valence-corrected chi connectivity index (χ3v) is 8.26. The molecular weight excluding hydrogens is 526 g/mol. The van der Waals surface area contributed by atoms with Gasteiger partial charge in [-0.2, -0.15) is 0 Å². The maximum atomic E-state index is 12.2. The Morgan fingerprint density at radius 1 is 0.395 bits per heavy atom. The van der Waals surface area contributed by atoms with Crippen LogP contribution < -0.4 is 0 Å². The highest BCUT2D eigenvalue weighted by atomic mass is 31.2. The zero-order chi connectivity index (χ0) is 28.8. The first-order chi connectivity index (χ1) is 18.3. The van der Waals surface area contributed by atoms with Crippen LogP contribution in [-0.2, 0) is 31.7 Å². The average Bonchev–Trinajstić information content (AvgIpc) is 2.88. The quantitative estimate of drug-likeness (QED) is 0.0711. The van der Waals surface area contributed by atoms with Crippen molar-refractivity contribution in [2.45, 2.75) is 150 Å². The number of hydrogen-bond acceptors (Lipinski definition) is 7. The summed E-state index contributed by atoms with van der Waals surface area (Å²) in [6.07, 6.45) is 19.2. The third-order valence-electron chi connectivity index (χ3n) is 5.75. The standard InChI is InChI=1S/C16H35O4P.C12H27O4P/c1-3-5-7-9-11-13-15-19-21(17,18)20-16-14-12-10-8-6-4-2;1-4-7-10-14-17(13,15-11-8-5-2)16-12-9-6-3/h3-16H2,1-2H3,(H,17,18);4-12H2,1-3H3. The van der Waals surface area contributed by atoms with Crippen molar-refractivity contribution in [1.82, 2.24) is 0 Å². The second-order valence-corrected chi connectivity index (χ2v) is 12.8. The maximum absolute atomic E-state index is 12.2. The number of rotatable bonds is 28. The molecule has 38 heavy (non-hydrogen) atoms. The minimum absolute atomic E-state index is 0.316. The largest absolute Gasteiger partial charge is 0.474 e. The van der Waals surface area contributed by atoms with Crippen LogP contribution in [0.4, 0.5) is 0 Å². The molecule has 0 unspecified atom stereocenters. The van der Waals surface area contributed by atoms with E-state index in [1.165, 1.54) is 51.4 Å². The molecule has 0 aromatic carbocycles. The summed E-state index contributed by atoms with van der Waals surface area (Å²) in [6, 6.07) is 0. The molecule has 0 bridgehead atoms. The summed E-state index contributed by atoms with van der Waals surface area (Å²) < 4.78 is 49.5. The zero-order valence-corrected chi connectivity index (χ0v) is 27.3. The summed E-state index contributed by atoms with van der Waals surface area (Å²) in [5.41, 5.74) is 0. The molecule has 0 aromatic heterocycles. The van der Waals surface area contributed by atoms with Crippen LogP contribution in [-0.4, -0.2) is 37.9 Å². The van der Waals surface area contributed by atoms with Crippen LogP contribution in [0.3, 0.4) is 0 Å². The first-order valence-corrected chi connectivity index (χ1v) is 18.4. The Labute approximate surface area is 235 Å². The van der Waals surface area contributed by atoms with Gasteiger partial charge in [0, 0.05) is 0 Å². The van der Waals surface area contributed by atoms with Crippen molar-refractivity contribution in [3.8, 4) is 0 Å². The fourth-order valence-electron chi connectivity index (χ4n) is 3.24. The highest BCUT2D eigenvalue weighted by Gasteiger charge is 2.25. The van der Waals surface area contributed by atoms with Crippen molar-refractivity contribution >= 4 is 15.6 Å². The zero-order valence-electron chi connectivity index (χ0n) is 25.5. The fourth-order valence-corrected chi connectivity index (χ4v) is 5.31. The molecule has 0 spiro atoms. The first-order valence-electron chi connectivity index (χ1n) is 15.5. The Bertz CT molecular complexity index is 508. The number of phosphoric acid groups is 2. The highest BCUT2D eigenvalue weighted by molar-refractivity contribution is 7.48. The lowest BCUT2D eigenvalue weighted by Gasteiger charge is -2.17. The highest BCUT2D eigenvalue weighted by Crippen LogP contribution is 2.49. The predicted octanol–water partition coefficient (Wildman–Crippen LogP) is 10.4. The molecule has 0 rings (SSSR count). The van der Waals surface area contributed by atoms with Crippen LogP contribution in [0.2, 0.25) is 0 Å². The second kappa shape index (κ2) is 30.2. The van der Waals surface area contributed by atoms with Crippen LogP contribution >= 0.6 is 15.6 Å². The van der Waals surface area contributed by atoms with E-state index in [0.29, 0.717) is 33.0 Å². The average molecular weight is 589 g/mol. The van der Waals surface area contributed by atoms with Crippen molar-refractivity contribution in [1.29, 1.82) is 0 Å².